The molecule has 40 heavy (non-hydrogen) atoms. The van der Waals surface area contributed by atoms with Gasteiger partial charge in [0.25, 0.3) is 11.1 Å². The summed E-state index contributed by atoms with van der Waals surface area (Å²) in [7, 11) is 2.15. The van der Waals surface area contributed by atoms with Gasteiger partial charge in [-0.2, -0.15) is 5.26 Å². The van der Waals surface area contributed by atoms with Gasteiger partial charge in [-0.25, -0.2) is 4.90 Å². The first-order chi connectivity index (χ1) is 19.5. The van der Waals surface area contributed by atoms with Crippen LogP contribution in [-0.4, -0.2) is 67.3 Å². The van der Waals surface area contributed by atoms with Crippen molar-refractivity contribution in [3.8, 4) is 23.3 Å². The van der Waals surface area contributed by atoms with Crippen molar-refractivity contribution in [1.82, 2.24) is 9.80 Å². The van der Waals surface area contributed by atoms with Crippen molar-refractivity contribution in [2.24, 2.45) is 0 Å². The van der Waals surface area contributed by atoms with Crippen LogP contribution in [0.25, 0.3) is 6.08 Å². The van der Waals surface area contributed by atoms with Crippen LogP contribution in [0.1, 0.15) is 17.5 Å². The summed E-state index contributed by atoms with van der Waals surface area (Å²) in [5, 5.41) is 8.58. The summed E-state index contributed by atoms with van der Waals surface area (Å²) in [5.74, 6) is 1.60. The highest BCUT2D eigenvalue weighted by molar-refractivity contribution is 8.19. The Balaban J connectivity index is 1.14. The number of hydrogen-bond acceptors (Lipinski definition) is 8. The first-order valence-corrected chi connectivity index (χ1v) is 14.0. The lowest BCUT2D eigenvalue weighted by molar-refractivity contribution is -0.113. The maximum Gasteiger partial charge on any atom is 0.298 e. The molecule has 0 bridgehead atoms. The second-order valence-corrected chi connectivity index (χ2v) is 10.7. The van der Waals surface area contributed by atoms with Crippen molar-refractivity contribution < 1.29 is 19.1 Å². The molecule has 0 aromatic heterocycles. The lowest BCUT2D eigenvalue weighted by atomic mass is 10.2. The van der Waals surface area contributed by atoms with E-state index in [2.05, 4.69) is 22.9 Å². The molecule has 2 amide bonds. The summed E-state index contributed by atoms with van der Waals surface area (Å²) in [6.45, 7) is 6.03. The molecule has 0 atom stereocenters. The van der Waals surface area contributed by atoms with Crippen molar-refractivity contribution in [3.63, 3.8) is 0 Å². The summed E-state index contributed by atoms with van der Waals surface area (Å²) < 4.78 is 11.7. The Morgan fingerprint density at radius 2 is 1.50 bits per heavy atom. The van der Waals surface area contributed by atoms with Crippen LogP contribution in [0, 0.1) is 11.3 Å². The SMILES string of the molecule is CN1CCN(CCCOc2ccc(N3C(=O)S/C(=C\c4ccc(Oc5ccc(C#N)cc5)cc4)C3=O)cc2)CC1. The Labute approximate surface area is 238 Å². The topological polar surface area (TPSA) is 86.1 Å². The molecule has 204 valence electrons. The van der Waals surface area contributed by atoms with Crippen molar-refractivity contribution in [2.75, 3.05) is 51.3 Å². The van der Waals surface area contributed by atoms with Gasteiger partial charge in [0.2, 0.25) is 0 Å². The normalized spacial score (nSPS) is 17.3. The molecule has 0 aliphatic carbocycles. The van der Waals surface area contributed by atoms with E-state index < -0.39 is 0 Å². The third kappa shape index (κ3) is 6.90. The number of nitriles is 1. The molecule has 3 aromatic rings. The zero-order chi connectivity index (χ0) is 27.9. The largest absolute Gasteiger partial charge is 0.494 e. The fourth-order valence-electron chi connectivity index (χ4n) is 4.45. The molecular formula is C31H30N4O4S. The van der Waals surface area contributed by atoms with Gasteiger partial charge in [-0.15, -0.1) is 0 Å². The quantitative estimate of drug-likeness (QED) is 0.249. The van der Waals surface area contributed by atoms with E-state index in [4.69, 9.17) is 14.7 Å². The minimum atomic E-state index is -0.353. The number of nitrogens with zero attached hydrogens (tertiary/aromatic N) is 4. The number of piperazine rings is 1. The van der Waals surface area contributed by atoms with E-state index in [1.807, 2.05) is 12.1 Å². The van der Waals surface area contributed by atoms with Crippen molar-refractivity contribution in [1.29, 1.82) is 5.26 Å². The Bertz CT molecular complexity index is 1410. The molecule has 0 N–H and O–H groups in total. The first kappa shape index (κ1) is 27.5. The summed E-state index contributed by atoms with van der Waals surface area (Å²) in [6.07, 6.45) is 2.65. The molecule has 2 aliphatic heterocycles. The van der Waals surface area contributed by atoms with Gasteiger partial charge in [0.1, 0.15) is 17.2 Å². The van der Waals surface area contributed by atoms with Gasteiger partial charge in [-0.1, -0.05) is 12.1 Å². The van der Waals surface area contributed by atoms with Gasteiger partial charge in [-0.3, -0.25) is 9.59 Å². The second-order valence-electron chi connectivity index (χ2n) is 9.67. The highest BCUT2D eigenvalue weighted by atomic mass is 32.2. The minimum absolute atomic E-state index is 0.335. The van der Waals surface area contributed by atoms with Crippen LogP contribution in [0.2, 0.25) is 0 Å². The molecule has 8 nitrogen and oxygen atoms in total. The van der Waals surface area contributed by atoms with Gasteiger partial charge in [0, 0.05) is 32.7 Å². The maximum absolute atomic E-state index is 13.1. The number of likely N-dealkylation sites (N-methyl/N-ethyl adjacent to an activating group) is 1. The Hall–Kier alpha value is -4.10. The Kier molecular flexibility index (Phi) is 8.81. The van der Waals surface area contributed by atoms with Crippen LogP contribution in [0.15, 0.2) is 77.7 Å². The first-order valence-electron chi connectivity index (χ1n) is 13.2. The standard InChI is InChI=1S/C31H30N4O4S/c1-33-16-18-34(19-17-33)15-2-20-38-26-13-7-25(8-14-26)35-30(36)29(40-31(35)37)21-23-3-9-27(10-4-23)39-28-11-5-24(22-32)6-12-28/h3-14,21H,2,15-20H2,1H3/b29-21-. The summed E-state index contributed by atoms with van der Waals surface area (Å²) >= 11 is 0.918. The zero-order valence-electron chi connectivity index (χ0n) is 22.3. The minimum Gasteiger partial charge on any atom is -0.494 e. The average Bonchev–Trinajstić information content (AvgIpc) is 3.26. The van der Waals surface area contributed by atoms with Gasteiger partial charge in [-0.05, 0) is 97.5 Å². The third-order valence-corrected chi connectivity index (χ3v) is 7.64. The number of hydrogen-bond donors (Lipinski definition) is 0. The van der Waals surface area contributed by atoms with Crippen molar-refractivity contribution in [3.05, 3.63) is 88.8 Å². The molecule has 0 spiro atoms. The van der Waals surface area contributed by atoms with Crippen molar-refractivity contribution >= 4 is 34.7 Å². The van der Waals surface area contributed by atoms with E-state index >= 15 is 0 Å². The second kappa shape index (κ2) is 12.8. The van der Waals surface area contributed by atoms with E-state index in [0.29, 0.717) is 40.0 Å². The van der Waals surface area contributed by atoms with Gasteiger partial charge in [0.15, 0.2) is 0 Å². The smallest absolute Gasteiger partial charge is 0.298 e. The fourth-order valence-corrected chi connectivity index (χ4v) is 5.29. The molecule has 3 aromatic carbocycles. The molecule has 0 radical (unpaired) electrons. The Morgan fingerprint density at radius 3 is 2.15 bits per heavy atom. The molecule has 2 heterocycles. The van der Waals surface area contributed by atoms with Crippen LogP contribution >= 0.6 is 11.8 Å². The molecule has 9 heteroatoms. The number of rotatable bonds is 9. The number of anilines is 1. The van der Waals surface area contributed by atoms with E-state index in [-0.39, 0.29) is 11.1 Å². The lowest BCUT2D eigenvalue weighted by Crippen LogP contribution is -2.44. The highest BCUT2D eigenvalue weighted by Gasteiger charge is 2.36. The molecule has 0 unspecified atom stereocenters. The molecule has 0 saturated carbocycles. The Morgan fingerprint density at radius 1 is 0.875 bits per heavy atom. The van der Waals surface area contributed by atoms with Crippen LogP contribution in [0.3, 0.4) is 0 Å². The van der Waals surface area contributed by atoms with Crippen molar-refractivity contribution in [2.45, 2.75) is 6.42 Å². The van der Waals surface area contributed by atoms with Gasteiger partial charge >= 0.3 is 0 Å². The van der Waals surface area contributed by atoms with E-state index in [1.165, 1.54) is 4.90 Å². The van der Waals surface area contributed by atoms with E-state index in [9.17, 15) is 9.59 Å². The fraction of sp³-hybridized carbons (Fsp3) is 0.258. The lowest BCUT2D eigenvalue weighted by Gasteiger charge is -2.32. The molecular weight excluding hydrogens is 524 g/mol. The third-order valence-electron chi connectivity index (χ3n) is 6.77. The molecule has 2 fully saturated rings. The average molecular weight is 555 g/mol. The number of benzene rings is 3. The number of ether oxygens (including phenoxy) is 2. The van der Waals surface area contributed by atoms with Gasteiger partial charge in [0.05, 0.1) is 28.8 Å². The highest BCUT2D eigenvalue weighted by Crippen LogP contribution is 2.36. The predicted octanol–water partition coefficient (Wildman–Crippen LogP) is 5.61. The van der Waals surface area contributed by atoms with E-state index in [0.717, 1.165) is 56.5 Å². The summed E-state index contributed by atoms with van der Waals surface area (Å²) in [4.78, 5) is 32.1. The number of imide groups is 1. The monoisotopic (exact) mass is 554 g/mol. The molecule has 5 rings (SSSR count). The summed E-state index contributed by atoms with van der Waals surface area (Å²) in [5.41, 5.74) is 1.85. The van der Waals surface area contributed by atoms with Crippen LogP contribution in [-0.2, 0) is 4.79 Å². The number of amides is 2. The number of carbonyl (C=O) groups excluding carboxylic acids is 2. The predicted molar refractivity (Wildman–Crippen MR) is 157 cm³/mol. The van der Waals surface area contributed by atoms with Crippen LogP contribution < -0.4 is 14.4 Å². The molecule has 2 aliphatic rings. The number of thioether (sulfide) groups is 1. The van der Waals surface area contributed by atoms with Gasteiger partial charge < -0.3 is 19.3 Å². The zero-order valence-corrected chi connectivity index (χ0v) is 23.1. The maximum atomic E-state index is 13.1. The number of carbonyl (C=O) groups is 2. The van der Waals surface area contributed by atoms with Crippen LogP contribution in [0.4, 0.5) is 10.5 Å². The van der Waals surface area contributed by atoms with Crippen LogP contribution in [0.5, 0.6) is 17.2 Å². The molecule has 2 saturated heterocycles. The summed E-state index contributed by atoms with van der Waals surface area (Å²) in [6, 6.07) is 23.2. The van der Waals surface area contributed by atoms with E-state index in [1.54, 1.807) is 66.7 Å².